The van der Waals surface area contributed by atoms with Gasteiger partial charge in [-0.25, -0.2) is 9.97 Å². The summed E-state index contributed by atoms with van der Waals surface area (Å²) in [6.45, 7) is 0. The van der Waals surface area contributed by atoms with E-state index in [4.69, 9.17) is 11.5 Å². The summed E-state index contributed by atoms with van der Waals surface area (Å²) >= 11 is 1.14. The van der Waals surface area contributed by atoms with Gasteiger partial charge in [-0.05, 0) is 25.0 Å². The number of primary amides is 1. The Morgan fingerprint density at radius 3 is 2.71 bits per heavy atom. The monoisotopic (exact) mass is 341 g/mol. The van der Waals surface area contributed by atoms with Crippen molar-refractivity contribution in [1.29, 1.82) is 0 Å². The molecule has 2 aromatic heterocycles. The summed E-state index contributed by atoms with van der Waals surface area (Å²) in [7, 11) is 0. The molecule has 0 atom stereocenters. The maximum atomic E-state index is 11.6. The van der Waals surface area contributed by atoms with E-state index in [1.807, 2.05) is 0 Å². The third-order valence-corrected chi connectivity index (χ3v) is 5.00. The Bertz CT molecular complexity index is 965. The molecule has 6 N–H and O–H groups in total. The number of phenols is 1. The molecule has 0 bridgehead atoms. The van der Waals surface area contributed by atoms with Crippen LogP contribution in [0.2, 0.25) is 0 Å². The molecule has 4 rings (SSSR count). The van der Waals surface area contributed by atoms with Crippen LogP contribution >= 0.6 is 11.3 Å². The lowest BCUT2D eigenvalue weighted by Gasteiger charge is -2.09. The molecule has 0 unspecified atom stereocenters. The van der Waals surface area contributed by atoms with Crippen LogP contribution in [0.15, 0.2) is 24.3 Å². The van der Waals surface area contributed by atoms with Crippen LogP contribution in [0.25, 0.3) is 21.5 Å². The molecule has 1 fully saturated rings. The largest absolute Gasteiger partial charge is 0.507 e. The number of nitrogen functional groups attached to an aromatic ring is 1. The molecule has 7 nitrogen and oxygen atoms in total. The van der Waals surface area contributed by atoms with E-state index >= 15 is 0 Å². The number of hydrogen-bond donors (Lipinski definition) is 4. The first-order valence-electron chi connectivity index (χ1n) is 7.49. The number of nitrogens with zero attached hydrogens (tertiary/aromatic N) is 2. The summed E-state index contributed by atoms with van der Waals surface area (Å²) < 4.78 is 0. The third kappa shape index (κ3) is 2.41. The lowest BCUT2D eigenvalue weighted by Crippen LogP contribution is -2.10. The molecule has 24 heavy (non-hydrogen) atoms. The fourth-order valence-corrected chi connectivity index (χ4v) is 3.50. The van der Waals surface area contributed by atoms with Crippen molar-refractivity contribution in [3.05, 3.63) is 29.1 Å². The summed E-state index contributed by atoms with van der Waals surface area (Å²) in [5.74, 6) is -0.0583. The molecule has 2 heterocycles. The number of aromatic hydroxyl groups is 1. The SMILES string of the molecule is NC(=O)c1sc2nc(NC3CC3)nc(-c3ccccc3O)c2c1N. The van der Waals surface area contributed by atoms with Gasteiger partial charge in [0.05, 0.1) is 16.8 Å². The van der Waals surface area contributed by atoms with Crippen LogP contribution in [0.1, 0.15) is 22.5 Å². The molecule has 1 aromatic carbocycles. The first kappa shape index (κ1) is 14.7. The maximum Gasteiger partial charge on any atom is 0.260 e. The van der Waals surface area contributed by atoms with E-state index in [-0.39, 0.29) is 16.3 Å². The predicted molar refractivity (Wildman–Crippen MR) is 94.1 cm³/mol. The van der Waals surface area contributed by atoms with Gasteiger partial charge < -0.3 is 21.9 Å². The van der Waals surface area contributed by atoms with Gasteiger partial charge >= 0.3 is 0 Å². The van der Waals surface area contributed by atoms with Crippen molar-refractivity contribution < 1.29 is 9.90 Å². The number of hydrogen-bond acceptors (Lipinski definition) is 7. The summed E-state index contributed by atoms with van der Waals surface area (Å²) in [6.07, 6.45) is 2.15. The highest BCUT2D eigenvalue weighted by atomic mass is 32.1. The second-order valence-corrected chi connectivity index (χ2v) is 6.72. The van der Waals surface area contributed by atoms with Crippen LogP contribution in [0.5, 0.6) is 5.75 Å². The first-order valence-corrected chi connectivity index (χ1v) is 8.31. The number of nitrogens with one attached hydrogen (secondary N) is 1. The Balaban J connectivity index is 2.00. The third-order valence-electron chi connectivity index (χ3n) is 3.88. The van der Waals surface area contributed by atoms with Gasteiger partial charge in [-0.3, -0.25) is 4.79 Å². The molecule has 3 aromatic rings. The zero-order chi connectivity index (χ0) is 16.8. The van der Waals surface area contributed by atoms with Crippen LogP contribution < -0.4 is 16.8 Å². The summed E-state index contributed by atoms with van der Waals surface area (Å²) in [5, 5.41) is 14.0. The number of rotatable bonds is 4. The highest BCUT2D eigenvalue weighted by Gasteiger charge is 2.25. The average Bonchev–Trinajstić information content (AvgIpc) is 3.29. The number of anilines is 2. The van der Waals surface area contributed by atoms with Crippen LogP contribution in [0.4, 0.5) is 11.6 Å². The first-order chi connectivity index (χ1) is 11.5. The molecule has 122 valence electrons. The smallest absolute Gasteiger partial charge is 0.260 e. The number of carbonyl (C=O) groups is 1. The number of thiophene rings is 1. The number of benzene rings is 1. The minimum atomic E-state index is -0.601. The molecule has 8 heteroatoms. The molecule has 1 amide bonds. The summed E-state index contributed by atoms with van der Waals surface area (Å²) in [4.78, 5) is 21.4. The quantitative estimate of drug-likeness (QED) is 0.577. The van der Waals surface area contributed by atoms with Crippen molar-refractivity contribution in [3.63, 3.8) is 0 Å². The zero-order valence-electron chi connectivity index (χ0n) is 12.6. The van der Waals surface area contributed by atoms with Gasteiger partial charge in [0.15, 0.2) is 0 Å². The number of amides is 1. The molecule has 0 spiro atoms. The van der Waals surface area contributed by atoms with Crippen LogP contribution in [0, 0.1) is 0 Å². The fourth-order valence-electron chi connectivity index (χ4n) is 2.55. The van der Waals surface area contributed by atoms with Crippen molar-refractivity contribution in [3.8, 4) is 17.0 Å². The summed E-state index contributed by atoms with van der Waals surface area (Å²) in [6, 6.07) is 7.22. The van der Waals surface area contributed by atoms with E-state index in [0.717, 1.165) is 24.2 Å². The van der Waals surface area contributed by atoms with E-state index in [0.29, 0.717) is 33.5 Å². The Morgan fingerprint density at radius 1 is 1.29 bits per heavy atom. The summed E-state index contributed by atoms with van der Waals surface area (Å²) in [5.41, 5.74) is 12.8. The molecular weight excluding hydrogens is 326 g/mol. The van der Waals surface area contributed by atoms with E-state index in [1.54, 1.807) is 24.3 Å². The van der Waals surface area contributed by atoms with E-state index in [2.05, 4.69) is 15.3 Å². The molecular formula is C16H15N5O2S. The van der Waals surface area contributed by atoms with Gasteiger partial charge in [0, 0.05) is 11.6 Å². The van der Waals surface area contributed by atoms with E-state index in [9.17, 15) is 9.90 Å². The number of fused-ring (bicyclic) bond motifs is 1. The maximum absolute atomic E-state index is 11.6. The number of nitrogens with two attached hydrogens (primary N) is 2. The number of carbonyl (C=O) groups excluding carboxylic acids is 1. The Labute approximate surface area is 141 Å². The standard InChI is InChI=1S/C16H15N5O2S/c17-11-10-12(8-3-1-2-4-9(8)22)20-16(19-7-5-6-7)21-15(10)24-13(11)14(18)23/h1-4,7,22H,5-6,17H2,(H2,18,23)(H,19,20,21). The van der Waals surface area contributed by atoms with Crippen molar-refractivity contribution >= 4 is 39.1 Å². The van der Waals surface area contributed by atoms with Crippen LogP contribution in [0.3, 0.4) is 0 Å². The van der Waals surface area contributed by atoms with Crippen molar-refractivity contribution in [2.75, 3.05) is 11.1 Å². The van der Waals surface area contributed by atoms with Gasteiger partial charge in [-0.2, -0.15) is 0 Å². The lowest BCUT2D eigenvalue weighted by molar-refractivity contribution is 0.100. The highest BCUT2D eigenvalue weighted by molar-refractivity contribution is 7.21. The number of phenolic OH excluding ortho intramolecular Hbond substituents is 1. The Hall–Kier alpha value is -2.87. The van der Waals surface area contributed by atoms with Crippen LogP contribution in [-0.2, 0) is 0 Å². The molecule has 1 saturated carbocycles. The minimum Gasteiger partial charge on any atom is -0.507 e. The number of aromatic nitrogens is 2. The molecule has 0 radical (unpaired) electrons. The van der Waals surface area contributed by atoms with Crippen LogP contribution in [-0.4, -0.2) is 27.0 Å². The van der Waals surface area contributed by atoms with Gasteiger partial charge in [-0.15, -0.1) is 11.3 Å². The Kier molecular flexibility index (Phi) is 3.27. The molecule has 0 aliphatic heterocycles. The Morgan fingerprint density at radius 2 is 2.04 bits per heavy atom. The second kappa shape index (κ2) is 5.34. The van der Waals surface area contributed by atoms with E-state index in [1.165, 1.54) is 0 Å². The molecule has 1 aliphatic rings. The fraction of sp³-hybridized carbons (Fsp3) is 0.188. The van der Waals surface area contributed by atoms with Gasteiger partial charge in [0.2, 0.25) is 5.95 Å². The van der Waals surface area contributed by atoms with Gasteiger partial charge in [0.25, 0.3) is 5.91 Å². The topological polar surface area (TPSA) is 127 Å². The molecule has 0 saturated heterocycles. The second-order valence-electron chi connectivity index (χ2n) is 5.72. The van der Waals surface area contributed by atoms with E-state index < -0.39 is 5.91 Å². The average molecular weight is 341 g/mol. The highest BCUT2D eigenvalue weighted by Crippen LogP contribution is 2.41. The van der Waals surface area contributed by atoms with Crippen molar-refractivity contribution in [2.45, 2.75) is 18.9 Å². The number of para-hydroxylation sites is 1. The lowest BCUT2D eigenvalue weighted by atomic mass is 10.1. The molecule has 1 aliphatic carbocycles. The van der Waals surface area contributed by atoms with Crippen molar-refractivity contribution in [2.24, 2.45) is 5.73 Å². The van der Waals surface area contributed by atoms with Gasteiger partial charge in [-0.1, -0.05) is 12.1 Å². The predicted octanol–water partition coefficient (Wildman–Crippen LogP) is 2.32. The minimum absolute atomic E-state index is 0.0843. The van der Waals surface area contributed by atoms with Crippen molar-refractivity contribution in [1.82, 2.24) is 9.97 Å². The zero-order valence-corrected chi connectivity index (χ0v) is 13.4. The van der Waals surface area contributed by atoms with Gasteiger partial charge in [0.1, 0.15) is 15.5 Å². The normalized spacial score (nSPS) is 14.0.